The smallest absolute Gasteiger partial charge is 0.246 e. The molecule has 1 aromatic rings. The van der Waals surface area contributed by atoms with E-state index in [4.69, 9.17) is 22.1 Å². The van der Waals surface area contributed by atoms with E-state index in [1.54, 1.807) is 0 Å². The molecule has 2 N–H and O–H groups in total. The molecule has 0 saturated carbocycles. The lowest BCUT2D eigenvalue weighted by Crippen LogP contribution is -2.30. The van der Waals surface area contributed by atoms with Crippen molar-refractivity contribution < 1.29 is 9.53 Å². The van der Waals surface area contributed by atoms with Crippen molar-refractivity contribution >= 4 is 22.5 Å². The summed E-state index contributed by atoms with van der Waals surface area (Å²) in [6.07, 6.45) is 9.44. The molecule has 144 valence electrons. The Morgan fingerprint density at radius 1 is 1.19 bits per heavy atom. The van der Waals surface area contributed by atoms with E-state index in [-0.39, 0.29) is 11.7 Å². The van der Waals surface area contributed by atoms with Gasteiger partial charge >= 0.3 is 0 Å². The average Bonchev–Trinajstić information content (AvgIpc) is 3.06. The first-order chi connectivity index (χ1) is 12.5. The summed E-state index contributed by atoms with van der Waals surface area (Å²) in [5, 5.41) is 0.446. The van der Waals surface area contributed by atoms with E-state index in [0.29, 0.717) is 17.0 Å². The first-order valence-corrected chi connectivity index (χ1v) is 10.3. The van der Waals surface area contributed by atoms with Crippen molar-refractivity contribution in [3.8, 4) is 0 Å². The second-order valence-corrected chi connectivity index (χ2v) is 7.77. The Morgan fingerprint density at radius 2 is 1.81 bits per heavy atom. The molecule has 0 aliphatic carbocycles. The summed E-state index contributed by atoms with van der Waals surface area (Å²) in [5.41, 5.74) is 6.92. The van der Waals surface area contributed by atoms with E-state index >= 15 is 0 Å². The van der Waals surface area contributed by atoms with E-state index in [2.05, 4.69) is 13.8 Å². The van der Waals surface area contributed by atoms with Crippen LogP contribution in [0.25, 0.3) is 5.03 Å². The SMILES string of the molecule is CCCCC1(CCCC)CCC(C/C(C(N)=O)=C(\Cl)c2ccccc2)O1. The van der Waals surface area contributed by atoms with Crippen molar-refractivity contribution in [2.45, 2.75) is 83.3 Å². The summed E-state index contributed by atoms with van der Waals surface area (Å²) in [7, 11) is 0. The summed E-state index contributed by atoms with van der Waals surface area (Å²) in [4.78, 5) is 12.0. The molecule has 1 aliphatic heterocycles. The lowest BCUT2D eigenvalue weighted by molar-refractivity contribution is -0.115. The van der Waals surface area contributed by atoms with Gasteiger partial charge < -0.3 is 10.5 Å². The zero-order valence-electron chi connectivity index (χ0n) is 16.1. The Morgan fingerprint density at radius 3 is 2.35 bits per heavy atom. The summed E-state index contributed by atoms with van der Waals surface area (Å²) in [6.45, 7) is 4.43. The van der Waals surface area contributed by atoms with Gasteiger partial charge in [0.15, 0.2) is 0 Å². The molecule has 1 fully saturated rings. The van der Waals surface area contributed by atoms with Crippen molar-refractivity contribution in [3.63, 3.8) is 0 Å². The molecule has 3 nitrogen and oxygen atoms in total. The minimum absolute atomic E-state index is 0.0173. The molecule has 0 radical (unpaired) electrons. The minimum atomic E-state index is -0.456. The summed E-state index contributed by atoms with van der Waals surface area (Å²) >= 11 is 6.51. The number of ether oxygens (including phenoxy) is 1. The van der Waals surface area contributed by atoms with Crippen LogP contribution in [0.2, 0.25) is 0 Å². The van der Waals surface area contributed by atoms with Gasteiger partial charge in [0.1, 0.15) is 0 Å². The van der Waals surface area contributed by atoms with Crippen molar-refractivity contribution in [2.24, 2.45) is 5.73 Å². The van der Waals surface area contributed by atoms with Crippen molar-refractivity contribution in [2.75, 3.05) is 0 Å². The monoisotopic (exact) mass is 377 g/mol. The third-order valence-electron chi connectivity index (χ3n) is 5.33. The number of benzene rings is 1. The largest absolute Gasteiger partial charge is 0.371 e. The van der Waals surface area contributed by atoms with Crippen LogP contribution >= 0.6 is 11.6 Å². The molecular formula is C22H32ClNO2. The maximum atomic E-state index is 12.0. The van der Waals surface area contributed by atoms with Crippen LogP contribution in [0.1, 0.15) is 77.2 Å². The number of nitrogens with two attached hydrogens (primary N) is 1. The predicted octanol–water partition coefficient (Wildman–Crippen LogP) is 5.81. The van der Waals surface area contributed by atoms with Crippen LogP contribution in [0.4, 0.5) is 0 Å². The van der Waals surface area contributed by atoms with E-state index in [1.807, 2.05) is 30.3 Å². The van der Waals surface area contributed by atoms with Gasteiger partial charge in [-0.1, -0.05) is 81.5 Å². The Bertz CT molecular complexity index is 604. The topological polar surface area (TPSA) is 52.3 Å². The van der Waals surface area contributed by atoms with Crippen LogP contribution < -0.4 is 5.73 Å². The van der Waals surface area contributed by atoms with Crippen molar-refractivity contribution in [3.05, 3.63) is 41.5 Å². The highest BCUT2D eigenvalue weighted by Gasteiger charge is 2.39. The van der Waals surface area contributed by atoms with E-state index in [0.717, 1.165) is 31.2 Å². The number of hydrogen-bond acceptors (Lipinski definition) is 2. The molecule has 1 atom stereocenters. The second kappa shape index (κ2) is 10.1. The Kier molecular flexibility index (Phi) is 8.17. The van der Waals surface area contributed by atoms with Gasteiger partial charge in [-0.05, 0) is 31.2 Å². The van der Waals surface area contributed by atoms with Gasteiger partial charge in [0, 0.05) is 12.0 Å². The Labute approximate surface area is 162 Å². The zero-order chi connectivity index (χ0) is 19.0. The molecule has 1 aliphatic rings. The van der Waals surface area contributed by atoms with Gasteiger partial charge in [-0.3, -0.25) is 4.79 Å². The molecule has 1 heterocycles. The normalized spacial score (nSPS) is 20.0. The quantitative estimate of drug-likeness (QED) is 0.523. The number of carbonyl (C=O) groups excluding carboxylic acids is 1. The summed E-state index contributed by atoms with van der Waals surface area (Å²) in [6, 6.07) is 9.53. The molecular weight excluding hydrogens is 346 g/mol. The maximum Gasteiger partial charge on any atom is 0.246 e. The van der Waals surface area contributed by atoms with Gasteiger partial charge in [-0.25, -0.2) is 0 Å². The fourth-order valence-corrected chi connectivity index (χ4v) is 4.11. The van der Waals surface area contributed by atoms with Crippen LogP contribution in [0.5, 0.6) is 0 Å². The van der Waals surface area contributed by atoms with Crippen molar-refractivity contribution in [1.82, 2.24) is 0 Å². The minimum Gasteiger partial charge on any atom is -0.371 e. The number of carbonyl (C=O) groups is 1. The maximum absolute atomic E-state index is 12.0. The lowest BCUT2D eigenvalue weighted by atomic mass is 9.88. The van der Waals surface area contributed by atoms with Gasteiger partial charge in [-0.15, -0.1) is 0 Å². The van der Waals surface area contributed by atoms with Crippen LogP contribution in [-0.4, -0.2) is 17.6 Å². The first kappa shape index (κ1) is 21.0. The molecule has 1 saturated heterocycles. The molecule has 2 rings (SSSR count). The lowest BCUT2D eigenvalue weighted by Gasteiger charge is -2.30. The average molecular weight is 378 g/mol. The summed E-state index contributed by atoms with van der Waals surface area (Å²) < 4.78 is 6.52. The summed E-state index contributed by atoms with van der Waals surface area (Å²) in [5.74, 6) is -0.456. The third kappa shape index (κ3) is 5.59. The predicted molar refractivity (Wildman–Crippen MR) is 109 cm³/mol. The van der Waals surface area contributed by atoms with Crippen LogP contribution in [0.15, 0.2) is 35.9 Å². The fourth-order valence-electron chi connectivity index (χ4n) is 3.81. The Hall–Kier alpha value is -1.32. The first-order valence-electron chi connectivity index (χ1n) is 9.93. The molecule has 1 unspecified atom stereocenters. The molecule has 26 heavy (non-hydrogen) atoms. The molecule has 0 aromatic heterocycles. The zero-order valence-corrected chi connectivity index (χ0v) is 16.9. The number of rotatable bonds is 10. The number of halogens is 1. The highest BCUT2D eigenvalue weighted by Crippen LogP contribution is 2.41. The molecule has 4 heteroatoms. The van der Waals surface area contributed by atoms with Gasteiger partial charge in [-0.2, -0.15) is 0 Å². The van der Waals surface area contributed by atoms with Gasteiger partial charge in [0.2, 0.25) is 5.91 Å². The molecule has 1 aromatic carbocycles. The fraction of sp³-hybridized carbons (Fsp3) is 0.591. The van der Waals surface area contributed by atoms with E-state index in [1.165, 1.54) is 25.7 Å². The number of amides is 1. The van der Waals surface area contributed by atoms with Crippen LogP contribution in [0, 0.1) is 0 Å². The molecule has 0 bridgehead atoms. The van der Waals surface area contributed by atoms with Gasteiger partial charge in [0.25, 0.3) is 0 Å². The van der Waals surface area contributed by atoms with Crippen LogP contribution in [-0.2, 0) is 9.53 Å². The van der Waals surface area contributed by atoms with Crippen molar-refractivity contribution in [1.29, 1.82) is 0 Å². The number of primary amides is 1. The number of hydrogen-bond donors (Lipinski definition) is 1. The Balaban J connectivity index is 2.13. The van der Waals surface area contributed by atoms with Crippen LogP contribution in [0.3, 0.4) is 0 Å². The molecule has 1 amide bonds. The van der Waals surface area contributed by atoms with E-state index < -0.39 is 5.91 Å². The molecule has 0 spiro atoms. The standard InChI is InChI=1S/C22H32ClNO2/c1-3-5-13-22(14-6-4-2)15-12-18(26-22)16-19(21(24)25)20(23)17-10-8-7-9-11-17/h7-11,18H,3-6,12-16H2,1-2H3,(H2,24,25)/b20-19+. The highest BCUT2D eigenvalue weighted by atomic mass is 35.5. The highest BCUT2D eigenvalue weighted by molar-refractivity contribution is 6.51. The van der Waals surface area contributed by atoms with Gasteiger partial charge in [0.05, 0.1) is 16.7 Å². The third-order valence-corrected chi connectivity index (χ3v) is 5.78. The van der Waals surface area contributed by atoms with E-state index in [9.17, 15) is 4.79 Å². The second-order valence-electron chi connectivity index (χ2n) is 7.40. The number of unbranched alkanes of at least 4 members (excludes halogenated alkanes) is 2.